The smallest absolute Gasteiger partial charge is 0.253 e. The highest BCUT2D eigenvalue weighted by molar-refractivity contribution is 5.95. The molecule has 0 saturated carbocycles. The second-order valence-corrected chi connectivity index (χ2v) is 6.02. The van der Waals surface area contributed by atoms with Gasteiger partial charge >= 0.3 is 0 Å². The minimum atomic E-state index is -0.343. The first-order valence-electron chi connectivity index (χ1n) is 7.50. The Balaban J connectivity index is 1.75. The third-order valence-electron chi connectivity index (χ3n) is 4.25. The Morgan fingerprint density at radius 1 is 1.22 bits per heavy atom. The number of benzene rings is 1. The summed E-state index contributed by atoms with van der Waals surface area (Å²) in [5, 5.41) is 4.23. The van der Waals surface area contributed by atoms with Crippen molar-refractivity contribution < 1.29 is 9.59 Å². The van der Waals surface area contributed by atoms with Gasteiger partial charge in [-0.05, 0) is 18.1 Å². The first-order chi connectivity index (χ1) is 11.0. The normalized spacial score (nSPS) is 20.7. The zero-order chi connectivity index (χ0) is 16.6. The molecule has 0 radical (unpaired) electrons. The van der Waals surface area contributed by atoms with E-state index in [9.17, 15) is 9.59 Å². The van der Waals surface area contributed by atoms with E-state index in [4.69, 9.17) is 5.73 Å². The highest BCUT2D eigenvalue weighted by Crippen LogP contribution is 2.24. The number of nitrogens with two attached hydrogens (primary N) is 1. The van der Waals surface area contributed by atoms with E-state index in [1.54, 1.807) is 35.1 Å². The van der Waals surface area contributed by atoms with E-state index in [0.717, 1.165) is 5.56 Å². The Bertz CT molecular complexity index is 737. The third-order valence-corrected chi connectivity index (χ3v) is 4.25. The van der Waals surface area contributed by atoms with Crippen LogP contribution in [0.1, 0.15) is 17.3 Å². The lowest BCUT2D eigenvalue weighted by Gasteiger charge is -2.16. The van der Waals surface area contributed by atoms with Gasteiger partial charge in [0.05, 0.1) is 5.92 Å². The van der Waals surface area contributed by atoms with E-state index < -0.39 is 0 Å². The minimum Gasteiger partial charge on any atom is -0.369 e. The largest absolute Gasteiger partial charge is 0.369 e. The predicted molar refractivity (Wildman–Crippen MR) is 84.2 cm³/mol. The molecule has 0 unspecified atom stereocenters. The molecule has 3 rings (SSSR count). The number of likely N-dealkylation sites (tertiary alicyclic amines) is 1. The quantitative estimate of drug-likeness (QED) is 0.901. The Hall–Kier alpha value is -2.70. The molecule has 1 aliphatic heterocycles. The fraction of sp³-hybridized carbons (Fsp3) is 0.375. The second-order valence-electron chi connectivity index (χ2n) is 6.02. The SMILES string of the molecule is C[C@@H]1CN(C(=O)c2ccc(-c3ncn(C)n3)cc2)C[C@H]1C(N)=O. The van der Waals surface area contributed by atoms with Crippen LogP contribution in [0.4, 0.5) is 0 Å². The molecular weight excluding hydrogens is 294 g/mol. The summed E-state index contributed by atoms with van der Waals surface area (Å²) in [5.74, 6) is 0.0185. The Labute approximate surface area is 134 Å². The summed E-state index contributed by atoms with van der Waals surface area (Å²) < 4.78 is 1.63. The fourth-order valence-corrected chi connectivity index (χ4v) is 2.92. The number of nitrogens with zero attached hydrogens (tertiary/aromatic N) is 4. The molecule has 0 spiro atoms. The molecule has 2 N–H and O–H groups in total. The summed E-state index contributed by atoms with van der Waals surface area (Å²) in [4.78, 5) is 29.8. The van der Waals surface area contributed by atoms with Crippen LogP contribution in [0.2, 0.25) is 0 Å². The van der Waals surface area contributed by atoms with Crippen LogP contribution in [-0.4, -0.2) is 44.6 Å². The van der Waals surface area contributed by atoms with E-state index in [1.807, 2.05) is 19.1 Å². The van der Waals surface area contributed by atoms with Crippen molar-refractivity contribution in [1.29, 1.82) is 0 Å². The van der Waals surface area contributed by atoms with Gasteiger partial charge in [0.2, 0.25) is 5.91 Å². The van der Waals surface area contributed by atoms with Gasteiger partial charge in [-0.25, -0.2) is 4.98 Å². The van der Waals surface area contributed by atoms with Crippen molar-refractivity contribution in [3.8, 4) is 11.4 Å². The Morgan fingerprint density at radius 3 is 2.43 bits per heavy atom. The van der Waals surface area contributed by atoms with Gasteiger partial charge in [-0.3, -0.25) is 14.3 Å². The fourth-order valence-electron chi connectivity index (χ4n) is 2.92. The summed E-state index contributed by atoms with van der Waals surface area (Å²) in [5.41, 5.74) is 6.82. The van der Waals surface area contributed by atoms with E-state index in [0.29, 0.717) is 24.5 Å². The molecule has 2 aromatic rings. The van der Waals surface area contributed by atoms with Gasteiger partial charge in [0.25, 0.3) is 5.91 Å². The topological polar surface area (TPSA) is 94.1 Å². The van der Waals surface area contributed by atoms with Crippen molar-refractivity contribution >= 4 is 11.8 Å². The summed E-state index contributed by atoms with van der Waals surface area (Å²) >= 11 is 0. The van der Waals surface area contributed by atoms with Gasteiger partial charge in [0.15, 0.2) is 5.82 Å². The highest BCUT2D eigenvalue weighted by Gasteiger charge is 2.36. The van der Waals surface area contributed by atoms with Crippen molar-refractivity contribution in [1.82, 2.24) is 19.7 Å². The van der Waals surface area contributed by atoms with E-state index >= 15 is 0 Å². The average molecular weight is 313 g/mol. The number of aryl methyl sites for hydroxylation is 1. The number of primary amides is 1. The number of carbonyl (C=O) groups is 2. The van der Waals surface area contributed by atoms with Crippen LogP contribution in [0.5, 0.6) is 0 Å². The number of rotatable bonds is 3. The second kappa shape index (κ2) is 5.83. The van der Waals surface area contributed by atoms with E-state index in [-0.39, 0.29) is 23.7 Å². The monoisotopic (exact) mass is 313 g/mol. The van der Waals surface area contributed by atoms with Crippen molar-refractivity contribution in [3.05, 3.63) is 36.2 Å². The van der Waals surface area contributed by atoms with Gasteiger partial charge in [0.1, 0.15) is 6.33 Å². The van der Waals surface area contributed by atoms with Crippen LogP contribution >= 0.6 is 0 Å². The summed E-state index contributed by atoms with van der Waals surface area (Å²) in [6, 6.07) is 7.17. The summed E-state index contributed by atoms with van der Waals surface area (Å²) in [6.45, 7) is 2.88. The van der Waals surface area contributed by atoms with Crippen molar-refractivity contribution in [2.45, 2.75) is 6.92 Å². The minimum absolute atomic E-state index is 0.0823. The molecule has 120 valence electrons. The maximum atomic E-state index is 12.6. The first-order valence-corrected chi connectivity index (χ1v) is 7.50. The van der Waals surface area contributed by atoms with Gasteiger partial charge in [0, 0.05) is 31.3 Å². The molecule has 2 atom stereocenters. The van der Waals surface area contributed by atoms with Crippen molar-refractivity contribution in [2.75, 3.05) is 13.1 Å². The third kappa shape index (κ3) is 2.94. The zero-order valence-corrected chi connectivity index (χ0v) is 13.1. The Kier molecular flexibility index (Phi) is 3.85. The molecule has 1 aromatic carbocycles. The first kappa shape index (κ1) is 15.2. The van der Waals surface area contributed by atoms with Crippen LogP contribution in [0.15, 0.2) is 30.6 Å². The maximum Gasteiger partial charge on any atom is 0.253 e. The lowest BCUT2D eigenvalue weighted by atomic mass is 9.98. The number of carbonyl (C=O) groups excluding carboxylic acids is 2. The van der Waals surface area contributed by atoms with Gasteiger partial charge in [-0.1, -0.05) is 19.1 Å². The molecule has 7 nitrogen and oxygen atoms in total. The van der Waals surface area contributed by atoms with Crippen molar-refractivity contribution in [2.24, 2.45) is 24.6 Å². The van der Waals surface area contributed by atoms with Crippen LogP contribution in [-0.2, 0) is 11.8 Å². The molecule has 2 amide bonds. The molecule has 23 heavy (non-hydrogen) atoms. The lowest BCUT2D eigenvalue weighted by Crippen LogP contribution is -2.31. The van der Waals surface area contributed by atoms with E-state index in [2.05, 4.69) is 10.1 Å². The molecule has 0 aliphatic carbocycles. The summed E-state index contributed by atoms with van der Waals surface area (Å²) in [6.07, 6.45) is 1.63. The Morgan fingerprint density at radius 2 is 1.91 bits per heavy atom. The van der Waals surface area contributed by atoms with Crippen LogP contribution < -0.4 is 5.73 Å². The van der Waals surface area contributed by atoms with Crippen molar-refractivity contribution in [3.63, 3.8) is 0 Å². The predicted octanol–water partition coefficient (Wildman–Crippen LogP) is 0.675. The molecule has 2 heterocycles. The number of aromatic nitrogens is 3. The van der Waals surface area contributed by atoms with E-state index in [1.165, 1.54) is 0 Å². The number of hydrogen-bond donors (Lipinski definition) is 1. The summed E-state index contributed by atoms with van der Waals surface area (Å²) in [7, 11) is 1.80. The highest BCUT2D eigenvalue weighted by atomic mass is 16.2. The molecule has 0 bridgehead atoms. The molecule has 1 aromatic heterocycles. The standard InChI is InChI=1S/C16H19N5O2/c1-10-7-21(8-13(10)14(17)22)16(23)12-5-3-11(4-6-12)15-18-9-20(2)19-15/h3-6,9-10,13H,7-8H2,1-2H3,(H2,17,22)/t10-,13-/m1/s1. The molecule has 1 saturated heterocycles. The lowest BCUT2D eigenvalue weighted by molar-refractivity contribution is -0.122. The van der Waals surface area contributed by atoms with Gasteiger partial charge in [-0.2, -0.15) is 5.10 Å². The molecule has 1 fully saturated rings. The van der Waals surface area contributed by atoms with Crippen LogP contribution in [0, 0.1) is 11.8 Å². The van der Waals surface area contributed by atoms with Crippen LogP contribution in [0.3, 0.4) is 0 Å². The molecular formula is C16H19N5O2. The maximum absolute atomic E-state index is 12.6. The van der Waals surface area contributed by atoms with Gasteiger partial charge < -0.3 is 10.6 Å². The molecule has 1 aliphatic rings. The number of amides is 2. The van der Waals surface area contributed by atoms with Gasteiger partial charge in [-0.15, -0.1) is 0 Å². The number of hydrogen-bond acceptors (Lipinski definition) is 4. The molecule has 7 heteroatoms. The average Bonchev–Trinajstić information content (AvgIpc) is 3.13. The zero-order valence-electron chi connectivity index (χ0n) is 13.1. The van der Waals surface area contributed by atoms with Crippen LogP contribution in [0.25, 0.3) is 11.4 Å².